The van der Waals surface area contributed by atoms with Crippen LogP contribution in [0.25, 0.3) is 11.4 Å². The van der Waals surface area contributed by atoms with Crippen LogP contribution in [0.15, 0.2) is 48.5 Å². The number of nitrogens with one attached hydrogen (secondary N) is 2. The number of hydrogen-bond acceptors (Lipinski definition) is 5. The summed E-state index contributed by atoms with van der Waals surface area (Å²) in [6.07, 6.45) is -0.0489. The first-order valence-corrected chi connectivity index (χ1v) is 8.82. The van der Waals surface area contributed by atoms with Crippen molar-refractivity contribution < 1.29 is 14.3 Å². The zero-order valence-corrected chi connectivity index (χ0v) is 15.5. The van der Waals surface area contributed by atoms with Gasteiger partial charge in [-0.15, -0.1) is 5.10 Å². The fourth-order valence-electron chi connectivity index (χ4n) is 3.02. The summed E-state index contributed by atoms with van der Waals surface area (Å²) < 4.78 is 6.62. The van der Waals surface area contributed by atoms with Crippen LogP contribution in [0.1, 0.15) is 18.0 Å². The topological polar surface area (TPSA) is 98.1 Å². The van der Waals surface area contributed by atoms with E-state index in [0.717, 1.165) is 11.1 Å². The Morgan fingerprint density at radius 1 is 1.25 bits per heavy atom. The van der Waals surface area contributed by atoms with E-state index in [9.17, 15) is 9.59 Å². The molecule has 142 valence electrons. The highest BCUT2D eigenvalue weighted by atomic mass is 16.5. The second-order valence-corrected chi connectivity index (χ2v) is 6.56. The van der Waals surface area contributed by atoms with Crippen molar-refractivity contribution in [1.82, 2.24) is 14.8 Å². The molecule has 8 heteroatoms. The van der Waals surface area contributed by atoms with Gasteiger partial charge in [0.05, 0.1) is 13.5 Å². The monoisotopic (exact) mass is 377 g/mol. The standard InChI is InChI=1S/C20H19N5O3/c1-12-6-8-13(9-7-12)18-22-20-23-19(27)16(25(20)24-18)11-17(26)21-14-4-3-5-15(10-14)28-2/h3-10,16H,11H2,1-2H3,(H,21,26)(H,22,23,24,27)/t16-/m1/s1. The molecule has 0 saturated heterocycles. The molecule has 0 aliphatic carbocycles. The molecule has 1 aliphatic heterocycles. The predicted octanol–water partition coefficient (Wildman–Crippen LogP) is 2.78. The van der Waals surface area contributed by atoms with Crippen LogP contribution in [-0.4, -0.2) is 33.7 Å². The van der Waals surface area contributed by atoms with E-state index in [-0.39, 0.29) is 18.2 Å². The Morgan fingerprint density at radius 2 is 2.04 bits per heavy atom. The van der Waals surface area contributed by atoms with Crippen molar-refractivity contribution in [3.05, 3.63) is 54.1 Å². The molecule has 2 heterocycles. The summed E-state index contributed by atoms with van der Waals surface area (Å²) in [5, 5.41) is 9.90. The second kappa shape index (κ2) is 7.15. The Bertz CT molecular complexity index is 1040. The third-order valence-electron chi connectivity index (χ3n) is 4.51. The Balaban J connectivity index is 1.51. The number of fused-ring (bicyclic) bond motifs is 1. The van der Waals surface area contributed by atoms with Gasteiger partial charge < -0.3 is 10.1 Å². The number of benzene rings is 2. The summed E-state index contributed by atoms with van der Waals surface area (Å²) in [7, 11) is 1.56. The van der Waals surface area contributed by atoms with Gasteiger partial charge in [0.1, 0.15) is 11.8 Å². The first kappa shape index (κ1) is 17.7. The number of carbonyl (C=O) groups is 2. The molecule has 2 aromatic carbocycles. The molecule has 1 aliphatic rings. The Kier molecular flexibility index (Phi) is 4.52. The van der Waals surface area contributed by atoms with E-state index in [2.05, 4.69) is 20.7 Å². The summed E-state index contributed by atoms with van der Waals surface area (Å²) >= 11 is 0. The van der Waals surface area contributed by atoms with Crippen molar-refractivity contribution in [3.8, 4) is 17.1 Å². The van der Waals surface area contributed by atoms with Crippen molar-refractivity contribution in [2.24, 2.45) is 0 Å². The van der Waals surface area contributed by atoms with Crippen LogP contribution in [0, 0.1) is 6.92 Å². The molecule has 0 fully saturated rings. The molecule has 1 aromatic heterocycles. The van der Waals surface area contributed by atoms with Gasteiger partial charge in [-0.1, -0.05) is 35.9 Å². The minimum Gasteiger partial charge on any atom is -0.497 e. The van der Waals surface area contributed by atoms with Gasteiger partial charge in [-0.05, 0) is 19.1 Å². The Hall–Kier alpha value is -3.68. The number of amides is 2. The van der Waals surface area contributed by atoms with Gasteiger partial charge in [-0.25, -0.2) is 4.68 Å². The molecule has 8 nitrogen and oxygen atoms in total. The van der Waals surface area contributed by atoms with Gasteiger partial charge in [0.15, 0.2) is 5.82 Å². The number of aryl methyl sites for hydroxylation is 1. The summed E-state index contributed by atoms with van der Waals surface area (Å²) in [6, 6.07) is 14.1. The molecule has 0 bridgehead atoms. The zero-order chi connectivity index (χ0) is 19.7. The maximum absolute atomic E-state index is 12.4. The lowest BCUT2D eigenvalue weighted by molar-refractivity contribution is -0.123. The van der Waals surface area contributed by atoms with Gasteiger partial charge in [0.25, 0.3) is 5.91 Å². The molecule has 0 radical (unpaired) electrons. The second-order valence-electron chi connectivity index (χ2n) is 6.56. The van der Waals surface area contributed by atoms with Gasteiger partial charge in [-0.2, -0.15) is 4.98 Å². The molecule has 0 unspecified atom stereocenters. The molecule has 0 spiro atoms. The lowest BCUT2D eigenvalue weighted by atomic mass is 10.1. The van der Waals surface area contributed by atoms with E-state index in [1.165, 1.54) is 4.68 Å². The van der Waals surface area contributed by atoms with E-state index >= 15 is 0 Å². The summed E-state index contributed by atoms with van der Waals surface area (Å²) in [5.74, 6) is 0.894. The van der Waals surface area contributed by atoms with E-state index < -0.39 is 6.04 Å². The molecular formula is C20H19N5O3. The van der Waals surface area contributed by atoms with Crippen LogP contribution in [0.4, 0.5) is 11.6 Å². The number of rotatable bonds is 5. The normalized spacial score (nSPS) is 15.1. The molecule has 1 atom stereocenters. The third-order valence-corrected chi connectivity index (χ3v) is 4.51. The summed E-state index contributed by atoms with van der Waals surface area (Å²) in [5.41, 5.74) is 2.58. The van der Waals surface area contributed by atoms with Crippen LogP contribution in [0.2, 0.25) is 0 Å². The van der Waals surface area contributed by atoms with E-state index in [1.807, 2.05) is 31.2 Å². The van der Waals surface area contributed by atoms with Crippen molar-refractivity contribution in [2.75, 3.05) is 17.7 Å². The quantitative estimate of drug-likeness (QED) is 0.712. The van der Waals surface area contributed by atoms with Gasteiger partial charge in [-0.3, -0.25) is 14.9 Å². The lowest BCUT2D eigenvalue weighted by Crippen LogP contribution is -2.23. The van der Waals surface area contributed by atoms with E-state index in [4.69, 9.17) is 4.74 Å². The lowest BCUT2D eigenvalue weighted by Gasteiger charge is -2.10. The van der Waals surface area contributed by atoms with Crippen LogP contribution >= 0.6 is 0 Å². The average Bonchev–Trinajstić information content (AvgIpc) is 3.21. The SMILES string of the molecule is COc1cccc(NC(=O)C[C@@H]2C(=O)Nc3nc(-c4ccc(C)cc4)nn32)c1. The Labute approximate surface area is 161 Å². The minimum atomic E-state index is -0.743. The van der Waals surface area contributed by atoms with E-state index in [1.54, 1.807) is 31.4 Å². The number of anilines is 2. The smallest absolute Gasteiger partial charge is 0.252 e. The first-order valence-electron chi connectivity index (χ1n) is 8.82. The molecule has 28 heavy (non-hydrogen) atoms. The molecular weight excluding hydrogens is 358 g/mol. The maximum atomic E-state index is 12.4. The predicted molar refractivity (Wildman–Crippen MR) is 104 cm³/mol. The summed E-state index contributed by atoms with van der Waals surface area (Å²) in [6.45, 7) is 2.00. The molecule has 0 saturated carbocycles. The number of ether oxygens (including phenoxy) is 1. The largest absolute Gasteiger partial charge is 0.497 e. The molecule has 2 N–H and O–H groups in total. The van der Waals surface area contributed by atoms with Gasteiger partial charge in [0, 0.05) is 17.3 Å². The maximum Gasteiger partial charge on any atom is 0.252 e. The van der Waals surface area contributed by atoms with E-state index in [0.29, 0.717) is 23.2 Å². The van der Waals surface area contributed by atoms with Crippen LogP contribution < -0.4 is 15.4 Å². The number of hydrogen-bond donors (Lipinski definition) is 2. The van der Waals surface area contributed by atoms with Gasteiger partial charge in [0.2, 0.25) is 11.9 Å². The number of methoxy groups -OCH3 is 1. The first-order chi connectivity index (χ1) is 13.5. The highest BCUT2D eigenvalue weighted by molar-refractivity contribution is 6.01. The van der Waals surface area contributed by atoms with Gasteiger partial charge >= 0.3 is 0 Å². The fourth-order valence-corrected chi connectivity index (χ4v) is 3.02. The number of carbonyl (C=O) groups excluding carboxylic acids is 2. The summed E-state index contributed by atoms with van der Waals surface area (Å²) in [4.78, 5) is 29.1. The zero-order valence-electron chi connectivity index (χ0n) is 15.5. The highest BCUT2D eigenvalue weighted by Gasteiger charge is 2.35. The number of aromatic nitrogens is 3. The van der Waals surface area contributed by atoms with Crippen molar-refractivity contribution in [3.63, 3.8) is 0 Å². The van der Waals surface area contributed by atoms with Crippen molar-refractivity contribution >= 4 is 23.5 Å². The molecule has 4 rings (SSSR count). The molecule has 2 amide bonds. The van der Waals surface area contributed by atoms with Crippen molar-refractivity contribution in [2.45, 2.75) is 19.4 Å². The number of nitrogens with zero attached hydrogens (tertiary/aromatic N) is 3. The third kappa shape index (κ3) is 3.44. The van der Waals surface area contributed by atoms with Crippen molar-refractivity contribution in [1.29, 1.82) is 0 Å². The highest BCUT2D eigenvalue weighted by Crippen LogP contribution is 2.28. The minimum absolute atomic E-state index is 0.0489. The fraction of sp³-hybridized carbons (Fsp3) is 0.200. The Morgan fingerprint density at radius 3 is 2.79 bits per heavy atom. The van der Waals surface area contributed by atoms with Crippen LogP contribution in [-0.2, 0) is 9.59 Å². The van der Waals surface area contributed by atoms with Crippen LogP contribution in [0.5, 0.6) is 5.75 Å². The van der Waals surface area contributed by atoms with Crippen LogP contribution in [0.3, 0.4) is 0 Å². The molecule has 3 aromatic rings. The average molecular weight is 377 g/mol.